The second kappa shape index (κ2) is 11.8. The number of anilines is 1. The molecule has 8 heteroatoms. The second-order valence-electron chi connectivity index (χ2n) is 11.5. The van der Waals surface area contributed by atoms with Gasteiger partial charge in [0.15, 0.2) is 0 Å². The molecular formula is C30H42N4O3S. The fourth-order valence-electron chi connectivity index (χ4n) is 6.52. The zero-order valence-electron chi connectivity index (χ0n) is 22.6. The summed E-state index contributed by atoms with van der Waals surface area (Å²) in [5, 5.41) is 0. The molecule has 3 aliphatic rings. The lowest BCUT2D eigenvalue weighted by Gasteiger charge is -2.48. The van der Waals surface area contributed by atoms with Crippen molar-refractivity contribution in [3.63, 3.8) is 0 Å². The first-order chi connectivity index (χ1) is 18.4. The molecule has 1 spiro atoms. The maximum atomic E-state index is 12.7. The molecule has 7 nitrogen and oxygen atoms in total. The number of amides is 1. The summed E-state index contributed by atoms with van der Waals surface area (Å²) in [5.41, 5.74) is 2.67. The van der Waals surface area contributed by atoms with Crippen LogP contribution in [0.25, 0.3) is 0 Å². The topological polar surface area (TPSA) is 73.0 Å². The van der Waals surface area contributed by atoms with E-state index in [1.165, 1.54) is 52.4 Å². The van der Waals surface area contributed by atoms with Crippen LogP contribution in [0.15, 0.2) is 59.5 Å². The predicted octanol–water partition coefficient (Wildman–Crippen LogP) is 3.76. The molecule has 0 aromatic heterocycles. The van der Waals surface area contributed by atoms with Crippen molar-refractivity contribution in [1.82, 2.24) is 14.5 Å². The van der Waals surface area contributed by atoms with Gasteiger partial charge in [0, 0.05) is 38.4 Å². The Kier molecular flexibility index (Phi) is 8.41. The summed E-state index contributed by atoms with van der Waals surface area (Å²) in [6.07, 6.45) is 7.71. The van der Waals surface area contributed by atoms with Crippen LogP contribution in [0.3, 0.4) is 0 Å². The predicted molar refractivity (Wildman–Crippen MR) is 152 cm³/mol. The van der Waals surface area contributed by atoms with Crippen molar-refractivity contribution in [3.05, 3.63) is 60.2 Å². The van der Waals surface area contributed by atoms with Crippen LogP contribution >= 0.6 is 0 Å². The van der Waals surface area contributed by atoms with Crippen molar-refractivity contribution in [2.75, 3.05) is 57.8 Å². The lowest BCUT2D eigenvalue weighted by molar-refractivity contribution is -0.132. The van der Waals surface area contributed by atoms with E-state index in [4.69, 9.17) is 0 Å². The van der Waals surface area contributed by atoms with Gasteiger partial charge in [-0.3, -0.25) is 4.79 Å². The number of likely N-dealkylation sites (tertiary alicyclic amines) is 2. The summed E-state index contributed by atoms with van der Waals surface area (Å²) in [6.45, 7) is 7.40. The van der Waals surface area contributed by atoms with Gasteiger partial charge in [0.2, 0.25) is 15.9 Å². The van der Waals surface area contributed by atoms with Gasteiger partial charge in [-0.2, -0.15) is 0 Å². The lowest BCUT2D eigenvalue weighted by atomic mass is 9.71. The highest BCUT2D eigenvalue weighted by Gasteiger charge is 2.38. The molecular weight excluding hydrogens is 496 g/mol. The van der Waals surface area contributed by atoms with Gasteiger partial charge in [-0.25, -0.2) is 13.1 Å². The van der Waals surface area contributed by atoms with E-state index in [2.05, 4.69) is 19.4 Å². The molecule has 0 saturated carbocycles. The minimum Gasteiger partial charge on any atom is -0.371 e. The van der Waals surface area contributed by atoms with Crippen LogP contribution in [0.5, 0.6) is 0 Å². The van der Waals surface area contributed by atoms with Crippen molar-refractivity contribution in [2.45, 2.75) is 49.8 Å². The quantitative estimate of drug-likeness (QED) is 0.581. The van der Waals surface area contributed by atoms with Crippen LogP contribution in [0.1, 0.15) is 44.1 Å². The van der Waals surface area contributed by atoms with Gasteiger partial charge in [0.05, 0.1) is 11.3 Å². The van der Waals surface area contributed by atoms with Crippen LogP contribution in [0.4, 0.5) is 5.69 Å². The fraction of sp³-hybridized carbons (Fsp3) is 0.567. The molecule has 3 aliphatic heterocycles. The lowest BCUT2D eigenvalue weighted by Crippen LogP contribution is -2.48. The van der Waals surface area contributed by atoms with Crippen molar-refractivity contribution < 1.29 is 13.2 Å². The molecule has 0 atom stereocenters. The summed E-state index contributed by atoms with van der Waals surface area (Å²) in [6, 6.07) is 17.3. The van der Waals surface area contributed by atoms with Crippen LogP contribution in [-0.2, 0) is 21.2 Å². The largest absolute Gasteiger partial charge is 0.371 e. The molecule has 3 saturated heterocycles. The average molecular weight is 539 g/mol. The minimum atomic E-state index is -3.39. The van der Waals surface area contributed by atoms with Crippen molar-refractivity contribution in [1.29, 1.82) is 0 Å². The summed E-state index contributed by atoms with van der Waals surface area (Å²) >= 11 is 0. The molecule has 0 aliphatic carbocycles. The number of benzene rings is 2. The maximum Gasteiger partial charge on any atom is 0.240 e. The van der Waals surface area contributed by atoms with E-state index in [0.717, 1.165) is 50.3 Å². The molecule has 38 heavy (non-hydrogen) atoms. The fourth-order valence-corrected chi connectivity index (χ4v) is 7.25. The Labute approximate surface area is 228 Å². The van der Waals surface area contributed by atoms with Crippen LogP contribution < -0.4 is 9.62 Å². The first kappa shape index (κ1) is 27.2. The molecule has 3 fully saturated rings. The van der Waals surface area contributed by atoms with Gasteiger partial charge >= 0.3 is 0 Å². The molecule has 0 bridgehead atoms. The number of nitrogens with zero attached hydrogens (tertiary/aromatic N) is 3. The highest BCUT2D eigenvalue weighted by Crippen LogP contribution is 2.42. The van der Waals surface area contributed by atoms with Gasteiger partial charge in [-0.05, 0) is 99.8 Å². The number of carbonyl (C=O) groups excluding carboxylic acids is 1. The molecule has 2 aromatic carbocycles. The van der Waals surface area contributed by atoms with Gasteiger partial charge in [0.25, 0.3) is 0 Å². The Balaban J connectivity index is 1.03. The van der Waals surface area contributed by atoms with E-state index in [1.807, 2.05) is 42.5 Å². The van der Waals surface area contributed by atoms with Gasteiger partial charge in [-0.15, -0.1) is 0 Å². The first-order valence-corrected chi connectivity index (χ1v) is 15.7. The second-order valence-corrected chi connectivity index (χ2v) is 13.4. The minimum absolute atomic E-state index is 0.264. The zero-order valence-corrected chi connectivity index (χ0v) is 23.5. The van der Waals surface area contributed by atoms with Crippen LogP contribution in [0, 0.1) is 11.3 Å². The van der Waals surface area contributed by atoms with Gasteiger partial charge in [-0.1, -0.05) is 30.3 Å². The number of rotatable bonds is 7. The van der Waals surface area contributed by atoms with E-state index in [0.29, 0.717) is 22.6 Å². The molecule has 1 amide bonds. The molecule has 1 N–H and O–H groups in total. The number of hydrogen-bond donors (Lipinski definition) is 1. The third-order valence-corrected chi connectivity index (χ3v) is 10.6. The van der Waals surface area contributed by atoms with E-state index >= 15 is 0 Å². The summed E-state index contributed by atoms with van der Waals surface area (Å²) in [5.74, 6) is 0.959. The smallest absolute Gasteiger partial charge is 0.240 e. The monoisotopic (exact) mass is 538 g/mol. The zero-order chi connectivity index (χ0) is 26.6. The number of hydrogen-bond acceptors (Lipinski definition) is 5. The van der Waals surface area contributed by atoms with Crippen LogP contribution in [0.2, 0.25) is 0 Å². The highest BCUT2D eigenvalue weighted by atomic mass is 32.2. The van der Waals surface area contributed by atoms with Crippen molar-refractivity contribution in [3.8, 4) is 0 Å². The first-order valence-electron chi connectivity index (χ1n) is 14.2. The summed E-state index contributed by atoms with van der Waals surface area (Å²) < 4.78 is 26.4. The number of carbonyl (C=O) groups is 1. The molecule has 5 rings (SSSR count). The summed E-state index contributed by atoms with van der Waals surface area (Å²) in [7, 11) is -1.95. The Morgan fingerprint density at radius 2 is 1.47 bits per heavy atom. The Hall–Kier alpha value is -2.42. The standard InChI is InChI=1S/C30H42N4O3S/c1-31-38(36,37)28-9-7-27(8-10-28)33-21-15-30(16-22-33)13-19-32(20-14-30)24-26-11-17-34(18-12-26)29(35)23-25-5-3-2-4-6-25/h2-10,26,31H,11-24H2,1H3. The molecule has 2 aromatic rings. The Bertz CT molecular complexity index is 1160. The van der Waals surface area contributed by atoms with E-state index in [-0.39, 0.29) is 5.91 Å². The summed E-state index contributed by atoms with van der Waals surface area (Å²) in [4.78, 5) is 20.2. The SMILES string of the molecule is CNS(=O)(=O)c1ccc(N2CCC3(CCN(CC4CCN(C(=O)Cc5ccccc5)CC4)CC3)CC2)cc1. The van der Waals surface area contributed by atoms with E-state index < -0.39 is 10.0 Å². The third kappa shape index (κ3) is 6.41. The Morgan fingerprint density at radius 3 is 2.08 bits per heavy atom. The van der Waals surface area contributed by atoms with Crippen LogP contribution in [-0.4, -0.2) is 77.0 Å². The number of nitrogens with one attached hydrogen (secondary N) is 1. The van der Waals surface area contributed by atoms with Crippen molar-refractivity contribution >= 4 is 21.6 Å². The number of piperidine rings is 3. The highest BCUT2D eigenvalue weighted by molar-refractivity contribution is 7.89. The molecule has 3 heterocycles. The normalized spacial score (nSPS) is 21.1. The molecule has 206 valence electrons. The van der Waals surface area contributed by atoms with E-state index in [1.54, 1.807) is 12.1 Å². The van der Waals surface area contributed by atoms with Crippen molar-refractivity contribution in [2.24, 2.45) is 11.3 Å². The Morgan fingerprint density at radius 1 is 0.868 bits per heavy atom. The van der Waals surface area contributed by atoms with Gasteiger partial charge in [0.1, 0.15) is 0 Å². The van der Waals surface area contributed by atoms with Gasteiger partial charge < -0.3 is 14.7 Å². The molecule has 0 unspecified atom stereocenters. The van der Waals surface area contributed by atoms with E-state index in [9.17, 15) is 13.2 Å². The third-order valence-electron chi connectivity index (χ3n) is 9.20. The molecule has 0 radical (unpaired) electrons. The average Bonchev–Trinajstić information content (AvgIpc) is 2.96. The number of sulfonamides is 1. The maximum absolute atomic E-state index is 12.7.